The van der Waals surface area contributed by atoms with Crippen LogP contribution in [0.4, 0.5) is 5.69 Å². The maximum Gasteiger partial charge on any atom is 0.128 e. The summed E-state index contributed by atoms with van der Waals surface area (Å²) in [7, 11) is 1.75. The minimum absolute atomic E-state index is 0.171. The van der Waals surface area contributed by atoms with Gasteiger partial charge in [-0.2, -0.15) is 5.26 Å². The molecule has 2 rings (SSSR count). The molecule has 0 bridgehead atoms. The fraction of sp³-hybridized carbons (Fsp3) is 0.519. The van der Waals surface area contributed by atoms with Crippen molar-refractivity contribution in [3.63, 3.8) is 0 Å². The molecule has 0 unspecified atom stereocenters. The molecule has 0 aliphatic heterocycles. The van der Waals surface area contributed by atoms with Crippen LogP contribution in [0.1, 0.15) is 71.8 Å². The molecule has 0 atom stereocenters. The second-order valence-corrected chi connectivity index (χ2v) is 9.04. The van der Waals surface area contributed by atoms with Gasteiger partial charge in [0, 0.05) is 36.5 Å². The molecule has 162 valence electrons. The fourth-order valence-corrected chi connectivity index (χ4v) is 4.09. The van der Waals surface area contributed by atoms with Gasteiger partial charge in [0.2, 0.25) is 0 Å². The highest BCUT2D eigenvalue weighted by atomic mass is 16.5. The Hall–Kier alpha value is -2.47. The number of nitriles is 1. The zero-order chi connectivity index (χ0) is 22.0. The highest BCUT2D eigenvalue weighted by Crippen LogP contribution is 2.38. The second-order valence-electron chi connectivity index (χ2n) is 9.04. The topological polar surface area (TPSA) is 36.3 Å². The summed E-state index contributed by atoms with van der Waals surface area (Å²) in [4.78, 5) is 2.48. The molecule has 3 heteroatoms. The van der Waals surface area contributed by atoms with Gasteiger partial charge in [-0.15, -0.1) is 0 Å². The Bertz CT molecular complexity index is 816. The van der Waals surface area contributed by atoms with Gasteiger partial charge in [-0.05, 0) is 54.4 Å². The number of benzene rings is 1. The second kappa shape index (κ2) is 11.6. The van der Waals surface area contributed by atoms with Crippen molar-refractivity contribution in [1.29, 1.82) is 5.26 Å². The molecule has 0 heterocycles. The maximum absolute atomic E-state index is 9.04. The molecule has 1 aromatic carbocycles. The van der Waals surface area contributed by atoms with E-state index in [0.717, 1.165) is 42.8 Å². The van der Waals surface area contributed by atoms with Crippen LogP contribution in [0.15, 0.2) is 47.6 Å². The van der Waals surface area contributed by atoms with E-state index in [1.807, 2.05) is 0 Å². The number of ether oxygens (including phenoxy) is 1. The molecule has 1 aliphatic rings. The van der Waals surface area contributed by atoms with Gasteiger partial charge < -0.3 is 9.64 Å². The van der Waals surface area contributed by atoms with Gasteiger partial charge in [-0.3, -0.25) is 0 Å². The van der Waals surface area contributed by atoms with Gasteiger partial charge in [0.25, 0.3) is 0 Å². The lowest BCUT2D eigenvalue weighted by molar-refractivity contribution is 0.355. The molecule has 30 heavy (non-hydrogen) atoms. The Labute approximate surface area is 183 Å². The van der Waals surface area contributed by atoms with E-state index < -0.39 is 0 Å². The van der Waals surface area contributed by atoms with E-state index in [4.69, 9.17) is 10.00 Å². The minimum Gasteiger partial charge on any atom is -0.496 e. The first-order valence-electron chi connectivity index (χ1n) is 11.3. The summed E-state index contributed by atoms with van der Waals surface area (Å²) in [6.07, 6.45) is 14.9. The number of rotatable bonds is 10. The minimum atomic E-state index is 0.171. The van der Waals surface area contributed by atoms with Gasteiger partial charge >= 0.3 is 0 Å². The van der Waals surface area contributed by atoms with Crippen LogP contribution in [-0.2, 0) is 0 Å². The van der Waals surface area contributed by atoms with Crippen molar-refractivity contribution in [2.45, 2.75) is 66.2 Å². The van der Waals surface area contributed by atoms with Crippen LogP contribution in [0.2, 0.25) is 0 Å². The Morgan fingerprint density at radius 3 is 2.40 bits per heavy atom. The van der Waals surface area contributed by atoms with E-state index in [9.17, 15) is 0 Å². The van der Waals surface area contributed by atoms with Gasteiger partial charge in [-0.25, -0.2) is 0 Å². The van der Waals surface area contributed by atoms with E-state index in [1.54, 1.807) is 13.2 Å². The molecule has 0 amide bonds. The normalized spacial score (nSPS) is 17.1. The van der Waals surface area contributed by atoms with Crippen molar-refractivity contribution in [2.24, 2.45) is 5.41 Å². The monoisotopic (exact) mass is 406 g/mol. The number of unbranched alkanes of at least 4 members (excludes halogenated alkanes) is 2. The van der Waals surface area contributed by atoms with Crippen molar-refractivity contribution in [1.82, 2.24) is 0 Å². The summed E-state index contributed by atoms with van der Waals surface area (Å²) >= 11 is 0. The number of methoxy groups -OCH3 is 1. The van der Waals surface area contributed by atoms with Crippen molar-refractivity contribution in [3.8, 4) is 11.8 Å². The van der Waals surface area contributed by atoms with Crippen LogP contribution < -0.4 is 9.64 Å². The molecule has 0 fully saturated rings. The molecule has 1 aliphatic carbocycles. The van der Waals surface area contributed by atoms with E-state index in [-0.39, 0.29) is 5.41 Å². The predicted octanol–water partition coefficient (Wildman–Crippen LogP) is 7.31. The van der Waals surface area contributed by atoms with Crippen LogP contribution in [0.25, 0.3) is 6.08 Å². The Balaban J connectivity index is 2.25. The first-order valence-corrected chi connectivity index (χ1v) is 11.3. The number of hydrogen-bond acceptors (Lipinski definition) is 3. The van der Waals surface area contributed by atoms with Gasteiger partial charge in [0.1, 0.15) is 5.75 Å². The van der Waals surface area contributed by atoms with E-state index in [1.165, 1.54) is 36.9 Å². The zero-order valence-corrected chi connectivity index (χ0v) is 19.5. The molecule has 0 N–H and O–H groups in total. The Kier molecular flexibility index (Phi) is 9.24. The summed E-state index contributed by atoms with van der Waals surface area (Å²) in [5.41, 5.74) is 4.86. The van der Waals surface area contributed by atoms with Gasteiger partial charge in [-0.1, -0.05) is 58.8 Å². The quantitative estimate of drug-likeness (QED) is 0.382. The van der Waals surface area contributed by atoms with Crippen LogP contribution in [0.5, 0.6) is 5.75 Å². The molecule has 0 aromatic heterocycles. The number of nitrogens with zero attached hydrogens (tertiary/aromatic N) is 2. The fourth-order valence-electron chi connectivity index (χ4n) is 4.09. The van der Waals surface area contributed by atoms with Crippen molar-refractivity contribution >= 4 is 11.8 Å². The largest absolute Gasteiger partial charge is 0.496 e. The standard InChI is InChI=1S/C27H38N2O/c1-6-8-16-29(17-9-7-2)25-13-12-24(26(19-25)30-5)11-10-22-18-23(14-15-28)21-27(3,4)20-22/h10-14,18-19H,6-9,16-17,20-21H2,1-5H3/b11-10+,23-14?. The number of allylic oxidation sites excluding steroid dienone is 5. The summed E-state index contributed by atoms with van der Waals surface area (Å²) in [6.45, 7) is 11.2. The highest BCUT2D eigenvalue weighted by molar-refractivity contribution is 5.65. The summed E-state index contributed by atoms with van der Waals surface area (Å²) in [6, 6.07) is 8.73. The number of hydrogen-bond donors (Lipinski definition) is 0. The highest BCUT2D eigenvalue weighted by Gasteiger charge is 2.24. The molecule has 1 aromatic rings. The van der Waals surface area contributed by atoms with Gasteiger partial charge in [0.05, 0.1) is 13.2 Å². The van der Waals surface area contributed by atoms with Crippen LogP contribution in [0, 0.1) is 16.7 Å². The summed E-state index contributed by atoms with van der Waals surface area (Å²) in [5.74, 6) is 0.908. The lowest BCUT2D eigenvalue weighted by Gasteiger charge is -2.30. The third kappa shape index (κ3) is 7.10. The predicted molar refractivity (Wildman–Crippen MR) is 129 cm³/mol. The molecule has 0 saturated carbocycles. The average Bonchev–Trinajstić information content (AvgIpc) is 2.71. The van der Waals surface area contributed by atoms with E-state index in [0.29, 0.717) is 0 Å². The molecule has 3 nitrogen and oxygen atoms in total. The lowest BCUT2D eigenvalue weighted by Crippen LogP contribution is -2.25. The van der Waals surface area contributed by atoms with E-state index in [2.05, 4.69) is 75.1 Å². The molecular weight excluding hydrogens is 368 g/mol. The first-order chi connectivity index (χ1) is 14.4. The van der Waals surface area contributed by atoms with Crippen LogP contribution in [-0.4, -0.2) is 20.2 Å². The Morgan fingerprint density at radius 2 is 1.80 bits per heavy atom. The Morgan fingerprint density at radius 1 is 1.10 bits per heavy atom. The van der Waals surface area contributed by atoms with E-state index >= 15 is 0 Å². The van der Waals surface area contributed by atoms with Crippen molar-refractivity contribution < 1.29 is 4.74 Å². The zero-order valence-electron chi connectivity index (χ0n) is 19.5. The van der Waals surface area contributed by atoms with Crippen molar-refractivity contribution in [2.75, 3.05) is 25.1 Å². The third-order valence-electron chi connectivity index (χ3n) is 5.61. The smallest absolute Gasteiger partial charge is 0.128 e. The molecule has 0 spiro atoms. The summed E-state index contributed by atoms with van der Waals surface area (Å²) in [5, 5.41) is 9.04. The SMILES string of the molecule is CCCCN(CCCC)c1ccc(/C=C/C2=CC(=CC#N)CC(C)(C)C2)c(OC)c1. The molecular formula is C27H38N2O. The number of anilines is 1. The van der Waals surface area contributed by atoms with Crippen LogP contribution >= 0.6 is 0 Å². The lowest BCUT2D eigenvalue weighted by atomic mass is 9.75. The average molecular weight is 407 g/mol. The van der Waals surface area contributed by atoms with Crippen LogP contribution in [0.3, 0.4) is 0 Å². The first kappa shape index (κ1) is 23.8. The molecule has 0 saturated heterocycles. The maximum atomic E-state index is 9.04. The summed E-state index contributed by atoms with van der Waals surface area (Å²) < 4.78 is 5.73. The third-order valence-corrected chi connectivity index (χ3v) is 5.61. The van der Waals surface area contributed by atoms with Gasteiger partial charge in [0.15, 0.2) is 0 Å². The van der Waals surface area contributed by atoms with Crippen molar-refractivity contribution in [3.05, 3.63) is 53.1 Å². The molecule has 0 radical (unpaired) electrons.